The van der Waals surface area contributed by atoms with Gasteiger partial charge in [0.25, 0.3) is 0 Å². The molecule has 0 unspecified atom stereocenters. The minimum absolute atomic E-state index is 0.207. The molecule has 0 aromatic heterocycles. The van der Waals surface area contributed by atoms with Crippen LogP contribution < -0.4 is 0 Å². The Kier molecular flexibility index (Phi) is 3.66. The largest absolute Gasteiger partial charge is 0.294 e. The molecule has 0 heterocycles. The van der Waals surface area contributed by atoms with Gasteiger partial charge in [0.15, 0.2) is 5.78 Å². The lowest BCUT2D eigenvalue weighted by Crippen LogP contribution is -2.34. The summed E-state index contributed by atoms with van der Waals surface area (Å²) in [5.41, 5.74) is 0.657. The number of benzene rings is 1. The molecule has 0 spiro atoms. The van der Waals surface area contributed by atoms with E-state index < -0.39 is 0 Å². The molecule has 1 saturated carbocycles. The zero-order valence-corrected chi connectivity index (χ0v) is 10.9. The van der Waals surface area contributed by atoms with Crippen LogP contribution in [0.3, 0.4) is 0 Å². The van der Waals surface area contributed by atoms with Crippen LogP contribution in [0.2, 0.25) is 0 Å². The third-order valence-corrected chi connectivity index (χ3v) is 4.25. The van der Waals surface area contributed by atoms with Crippen molar-refractivity contribution in [1.82, 2.24) is 0 Å². The Balaban J connectivity index is 2.17. The summed E-state index contributed by atoms with van der Waals surface area (Å²) in [4.78, 5) is 12.6. The molecule has 92 valence electrons. The molecule has 1 nitrogen and oxygen atoms in total. The first-order valence-electron chi connectivity index (χ1n) is 6.72. The highest BCUT2D eigenvalue weighted by atomic mass is 16.1. The molecule has 0 bridgehead atoms. The molecule has 1 aromatic carbocycles. The van der Waals surface area contributed by atoms with Crippen molar-refractivity contribution in [2.45, 2.75) is 46.0 Å². The normalized spacial score (nSPS) is 18.0. The first-order chi connectivity index (χ1) is 8.12. The van der Waals surface area contributed by atoms with Crippen molar-refractivity contribution in [3.8, 4) is 0 Å². The van der Waals surface area contributed by atoms with E-state index in [1.807, 2.05) is 30.3 Å². The molecule has 1 heteroatoms. The van der Waals surface area contributed by atoms with Crippen molar-refractivity contribution in [3.63, 3.8) is 0 Å². The van der Waals surface area contributed by atoms with E-state index in [0.717, 1.165) is 5.56 Å². The van der Waals surface area contributed by atoms with Gasteiger partial charge in [0, 0.05) is 11.0 Å². The predicted octanol–water partition coefficient (Wildman–Crippen LogP) is 4.48. The van der Waals surface area contributed by atoms with E-state index in [2.05, 4.69) is 13.8 Å². The maximum atomic E-state index is 12.6. The summed E-state index contributed by atoms with van der Waals surface area (Å²) < 4.78 is 0. The van der Waals surface area contributed by atoms with Crippen LogP contribution in [0.15, 0.2) is 30.3 Å². The van der Waals surface area contributed by atoms with Crippen molar-refractivity contribution in [2.24, 2.45) is 11.3 Å². The number of Topliss-reactive ketones (excluding diaryl/α,β-unsaturated/α-hetero) is 1. The fraction of sp³-hybridized carbons (Fsp3) is 0.562. The summed E-state index contributed by atoms with van der Waals surface area (Å²) in [5.74, 6) is 0.869. The summed E-state index contributed by atoms with van der Waals surface area (Å²) in [7, 11) is 0. The molecule has 1 aliphatic rings. The molecule has 1 aliphatic carbocycles. The lowest BCUT2D eigenvalue weighted by molar-refractivity contribution is 0.0690. The van der Waals surface area contributed by atoms with E-state index in [-0.39, 0.29) is 5.41 Å². The molecular formula is C16H22O. The third-order valence-electron chi connectivity index (χ3n) is 4.25. The number of carbonyl (C=O) groups is 1. The van der Waals surface area contributed by atoms with Gasteiger partial charge >= 0.3 is 0 Å². The van der Waals surface area contributed by atoms with E-state index in [4.69, 9.17) is 0 Å². The van der Waals surface area contributed by atoms with Gasteiger partial charge < -0.3 is 0 Å². The van der Waals surface area contributed by atoms with Crippen LogP contribution in [0.5, 0.6) is 0 Å². The Bertz CT molecular complexity index is 372. The second-order valence-electron chi connectivity index (χ2n) is 5.75. The Morgan fingerprint density at radius 2 is 1.65 bits per heavy atom. The Morgan fingerprint density at radius 1 is 1.06 bits per heavy atom. The molecule has 0 atom stereocenters. The smallest absolute Gasteiger partial charge is 0.168 e. The lowest BCUT2D eigenvalue weighted by atomic mass is 9.67. The number of carbonyl (C=O) groups excluding carboxylic acids is 1. The van der Waals surface area contributed by atoms with Gasteiger partial charge in [-0.3, -0.25) is 4.79 Å². The van der Waals surface area contributed by atoms with Crippen molar-refractivity contribution < 1.29 is 4.79 Å². The van der Waals surface area contributed by atoms with Crippen LogP contribution in [0, 0.1) is 11.3 Å². The number of rotatable bonds is 3. The molecule has 0 N–H and O–H groups in total. The highest BCUT2D eigenvalue weighted by Crippen LogP contribution is 2.40. The molecule has 0 radical (unpaired) electrons. The van der Waals surface area contributed by atoms with Gasteiger partial charge in [-0.25, -0.2) is 0 Å². The van der Waals surface area contributed by atoms with Gasteiger partial charge in [-0.1, -0.05) is 63.4 Å². The van der Waals surface area contributed by atoms with Crippen molar-refractivity contribution in [2.75, 3.05) is 0 Å². The summed E-state index contributed by atoms with van der Waals surface area (Å²) in [5, 5.41) is 0. The van der Waals surface area contributed by atoms with E-state index in [1.54, 1.807) is 0 Å². The minimum atomic E-state index is -0.207. The lowest BCUT2D eigenvalue weighted by Gasteiger charge is -2.35. The van der Waals surface area contributed by atoms with Gasteiger partial charge in [-0.15, -0.1) is 0 Å². The Labute approximate surface area is 104 Å². The quantitative estimate of drug-likeness (QED) is 0.700. The highest BCUT2D eigenvalue weighted by Gasteiger charge is 2.37. The topological polar surface area (TPSA) is 17.1 Å². The molecule has 1 aromatic rings. The van der Waals surface area contributed by atoms with Crippen LogP contribution in [-0.2, 0) is 0 Å². The maximum absolute atomic E-state index is 12.6. The van der Waals surface area contributed by atoms with Gasteiger partial charge in [-0.2, -0.15) is 0 Å². The number of hydrogen-bond acceptors (Lipinski definition) is 1. The summed E-state index contributed by atoms with van der Waals surface area (Å²) in [6.45, 7) is 4.25. The monoisotopic (exact) mass is 230 g/mol. The molecule has 17 heavy (non-hydrogen) atoms. The van der Waals surface area contributed by atoms with E-state index in [9.17, 15) is 4.79 Å². The van der Waals surface area contributed by atoms with E-state index in [1.165, 1.54) is 32.1 Å². The van der Waals surface area contributed by atoms with Gasteiger partial charge in [0.2, 0.25) is 0 Å². The zero-order chi connectivity index (χ0) is 12.3. The average molecular weight is 230 g/mol. The van der Waals surface area contributed by atoms with E-state index in [0.29, 0.717) is 11.7 Å². The molecule has 0 saturated heterocycles. The number of hydrogen-bond donors (Lipinski definition) is 0. The van der Waals surface area contributed by atoms with Crippen LogP contribution in [0.4, 0.5) is 0 Å². The van der Waals surface area contributed by atoms with Gasteiger partial charge in [-0.05, 0) is 18.8 Å². The standard InChI is InChI=1S/C16H22O/c1-16(2,14-11-7-4-8-12-14)15(17)13-9-5-3-6-10-13/h3,5-6,9-10,14H,4,7-8,11-12H2,1-2H3. The SMILES string of the molecule is CC(C)(C(=O)c1ccccc1)C1CCCCC1. The maximum Gasteiger partial charge on any atom is 0.168 e. The highest BCUT2D eigenvalue weighted by molar-refractivity contribution is 6.00. The first-order valence-corrected chi connectivity index (χ1v) is 6.72. The number of ketones is 1. The van der Waals surface area contributed by atoms with Crippen molar-refractivity contribution in [3.05, 3.63) is 35.9 Å². The molecule has 1 fully saturated rings. The minimum Gasteiger partial charge on any atom is -0.294 e. The molecular weight excluding hydrogens is 208 g/mol. The van der Waals surface area contributed by atoms with Crippen molar-refractivity contribution in [1.29, 1.82) is 0 Å². The van der Waals surface area contributed by atoms with Gasteiger partial charge in [0.05, 0.1) is 0 Å². The zero-order valence-electron chi connectivity index (χ0n) is 10.9. The third kappa shape index (κ3) is 2.59. The van der Waals surface area contributed by atoms with Crippen molar-refractivity contribution >= 4 is 5.78 Å². The second kappa shape index (κ2) is 5.03. The summed E-state index contributed by atoms with van der Waals surface area (Å²) in [6.07, 6.45) is 6.34. The predicted molar refractivity (Wildman–Crippen MR) is 71.1 cm³/mol. The van der Waals surface area contributed by atoms with Crippen LogP contribution in [0.25, 0.3) is 0 Å². The van der Waals surface area contributed by atoms with Crippen LogP contribution in [-0.4, -0.2) is 5.78 Å². The van der Waals surface area contributed by atoms with Gasteiger partial charge in [0.1, 0.15) is 0 Å². The van der Waals surface area contributed by atoms with Crippen LogP contribution >= 0.6 is 0 Å². The Morgan fingerprint density at radius 3 is 2.24 bits per heavy atom. The van der Waals surface area contributed by atoms with Crippen LogP contribution in [0.1, 0.15) is 56.3 Å². The molecule has 0 amide bonds. The average Bonchev–Trinajstić information content (AvgIpc) is 2.40. The fourth-order valence-electron chi connectivity index (χ4n) is 2.97. The first kappa shape index (κ1) is 12.3. The summed E-state index contributed by atoms with van der Waals surface area (Å²) >= 11 is 0. The molecule has 2 rings (SSSR count). The van der Waals surface area contributed by atoms with E-state index >= 15 is 0 Å². The Hall–Kier alpha value is -1.11. The second-order valence-corrected chi connectivity index (χ2v) is 5.75. The fourth-order valence-corrected chi connectivity index (χ4v) is 2.97. The molecule has 0 aliphatic heterocycles. The summed E-state index contributed by atoms with van der Waals surface area (Å²) in [6, 6.07) is 9.73.